The maximum absolute atomic E-state index is 10.2. The van der Waals surface area contributed by atoms with Crippen molar-refractivity contribution in [3.8, 4) is 0 Å². The van der Waals surface area contributed by atoms with Gasteiger partial charge in [-0.05, 0) is 45.3 Å². The molecule has 0 aromatic rings. The van der Waals surface area contributed by atoms with E-state index < -0.39 is 5.97 Å². The number of carboxylic acid groups (broad SMARTS) is 1. The van der Waals surface area contributed by atoms with Crippen LogP contribution in [0.15, 0.2) is 24.0 Å². The van der Waals surface area contributed by atoms with Crippen molar-refractivity contribution in [2.45, 2.75) is 39.5 Å². The van der Waals surface area contributed by atoms with Gasteiger partial charge in [0.25, 0.3) is 0 Å². The van der Waals surface area contributed by atoms with E-state index in [2.05, 4.69) is 0 Å². The molecule has 0 rings (SSSR count). The molecule has 1 N–H and O–H groups in total. The molecular weight excluding hydrogens is 192 g/mol. The molecule has 0 heterocycles. The zero-order valence-electron chi connectivity index (χ0n) is 9.53. The molecular formula is C12H20O3. The van der Waals surface area contributed by atoms with Gasteiger partial charge in [-0.2, -0.15) is 0 Å². The second-order valence-corrected chi connectivity index (χ2v) is 3.24. The van der Waals surface area contributed by atoms with Crippen molar-refractivity contribution in [3.05, 3.63) is 24.0 Å². The fourth-order valence-corrected chi connectivity index (χ4v) is 1.14. The van der Waals surface area contributed by atoms with Gasteiger partial charge in [0.05, 0.1) is 6.61 Å². The fourth-order valence-electron chi connectivity index (χ4n) is 1.14. The van der Waals surface area contributed by atoms with E-state index in [1.807, 2.05) is 32.1 Å². The quantitative estimate of drug-likeness (QED) is 0.382. The molecule has 86 valence electrons. The minimum Gasteiger partial charge on any atom is -0.494 e. The third kappa shape index (κ3) is 9.06. The van der Waals surface area contributed by atoms with Crippen LogP contribution >= 0.6 is 0 Å². The number of aliphatic carboxylic acids is 1. The average Bonchev–Trinajstić information content (AvgIpc) is 2.21. The summed E-state index contributed by atoms with van der Waals surface area (Å²) in [7, 11) is 0. The monoisotopic (exact) mass is 212 g/mol. The maximum atomic E-state index is 10.2. The summed E-state index contributed by atoms with van der Waals surface area (Å²) in [5, 5.41) is 8.42. The fraction of sp³-hybridized carbons (Fsp3) is 0.583. The van der Waals surface area contributed by atoms with Gasteiger partial charge in [-0.3, -0.25) is 4.79 Å². The van der Waals surface area contributed by atoms with Crippen molar-refractivity contribution in [1.82, 2.24) is 0 Å². The minimum atomic E-state index is -0.723. The van der Waals surface area contributed by atoms with E-state index in [0.717, 1.165) is 25.0 Å². The van der Waals surface area contributed by atoms with Crippen LogP contribution in [0.1, 0.15) is 39.5 Å². The highest BCUT2D eigenvalue weighted by Crippen LogP contribution is 2.04. The molecule has 0 radical (unpaired) electrons. The first kappa shape index (κ1) is 13.8. The van der Waals surface area contributed by atoms with Crippen molar-refractivity contribution in [3.63, 3.8) is 0 Å². The summed E-state index contributed by atoms with van der Waals surface area (Å²) in [5.74, 6) is 0.148. The standard InChI is InChI=1S/C12H20O3/c1-3-8-11(4-2)15-10-7-5-6-9-12(13)14/h3-4,8H,5-7,9-10H2,1-2H3,(H,13,14). The van der Waals surface area contributed by atoms with Crippen molar-refractivity contribution < 1.29 is 14.6 Å². The van der Waals surface area contributed by atoms with Gasteiger partial charge in [-0.1, -0.05) is 6.08 Å². The minimum absolute atomic E-state index is 0.255. The number of carboxylic acids is 1. The topological polar surface area (TPSA) is 46.5 Å². The molecule has 0 aliphatic heterocycles. The molecule has 3 heteroatoms. The summed E-state index contributed by atoms with van der Waals surface area (Å²) in [5.41, 5.74) is 0. The lowest BCUT2D eigenvalue weighted by Crippen LogP contribution is -1.96. The number of carbonyl (C=O) groups is 1. The Kier molecular flexibility index (Phi) is 8.53. The van der Waals surface area contributed by atoms with E-state index in [1.165, 1.54) is 0 Å². The highest BCUT2D eigenvalue weighted by Gasteiger charge is 1.96. The average molecular weight is 212 g/mol. The van der Waals surface area contributed by atoms with Crippen LogP contribution in [-0.4, -0.2) is 17.7 Å². The van der Waals surface area contributed by atoms with Gasteiger partial charge in [-0.25, -0.2) is 0 Å². The Bertz CT molecular complexity index is 229. The Labute approximate surface area is 91.4 Å². The predicted octanol–water partition coefficient (Wildman–Crippen LogP) is 3.13. The Morgan fingerprint density at radius 2 is 2.00 bits per heavy atom. The smallest absolute Gasteiger partial charge is 0.303 e. The van der Waals surface area contributed by atoms with Crippen LogP contribution in [0.25, 0.3) is 0 Å². The molecule has 15 heavy (non-hydrogen) atoms. The largest absolute Gasteiger partial charge is 0.494 e. The number of allylic oxidation sites excluding steroid dienone is 3. The number of hydrogen-bond donors (Lipinski definition) is 1. The second kappa shape index (κ2) is 9.31. The SMILES string of the molecule is CC=CC(=CC)OCCCCCC(=O)O. The molecule has 0 amide bonds. The van der Waals surface area contributed by atoms with E-state index >= 15 is 0 Å². The van der Waals surface area contributed by atoms with Gasteiger partial charge >= 0.3 is 5.97 Å². The lowest BCUT2D eigenvalue weighted by molar-refractivity contribution is -0.137. The number of hydrogen-bond acceptors (Lipinski definition) is 2. The molecule has 0 saturated carbocycles. The molecule has 0 fully saturated rings. The van der Waals surface area contributed by atoms with Crippen LogP contribution in [-0.2, 0) is 9.53 Å². The van der Waals surface area contributed by atoms with E-state index in [1.54, 1.807) is 0 Å². The van der Waals surface area contributed by atoms with Crippen LogP contribution in [0.3, 0.4) is 0 Å². The van der Waals surface area contributed by atoms with Gasteiger partial charge in [0, 0.05) is 6.42 Å². The number of ether oxygens (including phenoxy) is 1. The summed E-state index contributed by atoms with van der Waals surface area (Å²) in [6.45, 7) is 4.53. The van der Waals surface area contributed by atoms with Crippen LogP contribution < -0.4 is 0 Å². The first-order valence-corrected chi connectivity index (χ1v) is 5.34. The second-order valence-electron chi connectivity index (χ2n) is 3.24. The van der Waals surface area contributed by atoms with Gasteiger partial charge in [0.2, 0.25) is 0 Å². The molecule has 0 saturated heterocycles. The van der Waals surface area contributed by atoms with E-state index in [9.17, 15) is 4.79 Å². The Balaban J connectivity index is 3.41. The van der Waals surface area contributed by atoms with Gasteiger partial charge in [-0.15, -0.1) is 0 Å². The molecule has 0 aromatic carbocycles. The van der Waals surface area contributed by atoms with Crippen LogP contribution in [0.4, 0.5) is 0 Å². The van der Waals surface area contributed by atoms with E-state index in [-0.39, 0.29) is 6.42 Å². The summed E-state index contributed by atoms with van der Waals surface area (Å²) >= 11 is 0. The Morgan fingerprint density at radius 1 is 1.27 bits per heavy atom. The summed E-state index contributed by atoms with van der Waals surface area (Å²) in [6.07, 6.45) is 8.55. The molecule has 0 atom stereocenters. The highest BCUT2D eigenvalue weighted by molar-refractivity contribution is 5.66. The molecule has 0 spiro atoms. The van der Waals surface area contributed by atoms with Crippen molar-refractivity contribution in [1.29, 1.82) is 0 Å². The number of unbranched alkanes of at least 4 members (excludes halogenated alkanes) is 2. The molecule has 0 unspecified atom stereocenters. The van der Waals surface area contributed by atoms with Crippen molar-refractivity contribution >= 4 is 5.97 Å². The van der Waals surface area contributed by atoms with E-state index in [4.69, 9.17) is 9.84 Å². The zero-order chi connectivity index (χ0) is 11.5. The first-order chi connectivity index (χ1) is 7.20. The molecule has 3 nitrogen and oxygen atoms in total. The van der Waals surface area contributed by atoms with Gasteiger partial charge in [0.15, 0.2) is 0 Å². The van der Waals surface area contributed by atoms with Crippen LogP contribution in [0.2, 0.25) is 0 Å². The van der Waals surface area contributed by atoms with Crippen LogP contribution in [0, 0.1) is 0 Å². The zero-order valence-corrected chi connectivity index (χ0v) is 9.53. The number of rotatable bonds is 8. The summed E-state index contributed by atoms with van der Waals surface area (Å²) < 4.78 is 5.47. The summed E-state index contributed by atoms with van der Waals surface area (Å²) in [6, 6.07) is 0. The highest BCUT2D eigenvalue weighted by atomic mass is 16.5. The first-order valence-electron chi connectivity index (χ1n) is 5.34. The van der Waals surface area contributed by atoms with E-state index in [0.29, 0.717) is 6.61 Å². The normalized spacial score (nSPS) is 12.0. The third-order valence-corrected chi connectivity index (χ3v) is 1.92. The molecule has 0 aliphatic carbocycles. The van der Waals surface area contributed by atoms with Gasteiger partial charge in [0.1, 0.15) is 5.76 Å². The molecule has 0 aliphatic rings. The van der Waals surface area contributed by atoms with Crippen LogP contribution in [0.5, 0.6) is 0 Å². The molecule has 0 aromatic heterocycles. The Morgan fingerprint density at radius 3 is 2.53 bits per heavy atom. The summed E-state index contributed by atoms with van der Waals surface area (Å²) in [4.78, 5) is 10.2. The van der Waals surface area contributed by atoms with Crippen molar-refractivity contribution in [2.24, 2.45) is 0 Å². The lowest BCUT2D eigenvalue weighted by atomic mass is 10.2. The van der Waals surface area contributed by atoms with Crippen molar-refractivity contribution in [2.75, 3.05) is 6.61 Å². The third-order valence-electron chi connectivity index (χ3n) is 1.92. The predicted molar refractivity (Wildman–Crippen MR) is 60.6 cm³/mol. The Hall–Kier alpha value is -1.25. The van der Waals surface area contributed by atoms with Gasteiger partial charge < -0.3 is 9.84 Å². The molecule has 0 bridgehead atoms. The lowest BCUT2D eigenvalue weighted by Gasteiger charge is -2.05. The maximum Gasteiger partial charge on any atom is 0.303 e.